The number of carbonyl (C=O) groups is 1. The largest absolute Gasteiger partial charge is 0.469 e. The molecule has 13 heteroatoms. The number of methoxy groups -OCH3 is 1. The minimum atomic E-state index is -3.60. The topological polar surface area (TPSA) is 115 Å². The molecule has 2 saturated heterocycles. The molecular formula is C26H31BrN5O6P. The SMILES string of the molecule is COC(=O)CC[C@@H]1N=C(c2ccccn2)c2cc(Br)ccc2N=C1OP(=O)(N1CCOCC1)N1CCOCC1. The van der Waals surface area contributed by atoms with Gasteiger partial charge >= 0.3 is 13.6 Å². The van der Waals surface area contributed by atoms with Crippen LogP contribution in [0.3, 0.4) is 0 Å². The van der Waals surface area contributed by atoms with Gasteiger partial charge in [-0.25, -0.2) is 18.9 Å². The Balaban J connectivity index is 1.61. The highest BCUT2D eigenvalue weighted by Crippen LogP contribution is 2.55. The smallest absolute Gasteiger partial charge is 0.397 e. The van der Waals surface area contributed by atoms with Crippen molar-refractivity contribution in [1.29, 1.82) is 0 Å². The van der Waals surface area contributed by atoms with Crippen molar-refractivity contribution in [2.24, 2.45) is 9.98 Å². The summed E-state index contributed by atoms with van der Waals surface area (Å²) in [6, 6.07) is 10.6. The van der Waals surface area contributed by atoms with E-state index in [4.69, 9.17) is 28.7 Å². The van der Waals surface area contributed by atoms with Crippen molar-refractivity contribution in [2.75, 3.05) is 59.7 Å². The minimum absolute atomic E-state index is 0.0853. The summed E-state index contributed by atoms with van der Waals surface area (Å²) in [5.41, 5.74) is 2.61. The number of aliphatic imine (C=N–C) groups is 2. The molecule has 2 fully saturated rings. The first-order chi connectivity index (χ1) is 19.0. The fourth-order valence-electron chi connectivity index (χ4n) is 4.63. The predicted octanol–water partition coefficient (Wildman–Crippen LogP) is 3.84. The van der Waals surface area contributed by atoms with Crippen LogP contribution in [0.25, 0.3) is 0 Å². The van der Waals surface area contributed by atoms with Crippen LogP contribution in [0.2, 0.25) is 0 Å². The summed E-state index contributed by atoms with van der Waals surface area (Å²) < 4.78 is 41.9. The van der Waals surface area contributed by atoms with Gasteiger partial charge in [-0.2, -0.15) is 0 Å². The summed E-state index contributed by atoms with van der Waals surface area (Å²) in [6.45, 7) is 3.65. The molecule has 3 aliphatic heterocycles. The number of hydrogen-bond acceptors (Lipinski definition) is 9. The average molecular weight is 620 g/mol. The van der Waals surface area contributed by atoms with E-state index in [2.05, 4.69) is 20.9 Å². The van der Waals surface area contributed by atoms with Gasteiger partial charge < -0.3 is 18.7 Å². The monoisotopic (exact) mass is 619 g/mol. The van der Waals surface area contributed by atoms with Crippen LogP contribution in [0.5, 0.6) is 0 Å². The van der Waals surface area contributed by atoms with Gasteiger partial charge in [-0.3, -0.25) is 14.8 Å². The van der Waals surface area contributed by atoms with Crippen LogP contribution in [0, 0.1) is 0 Å². The van der Waals surface area contributed by atoms with E-state index in [1.807, 2.05) is 45.7 Å². The Morgan fingerprint density at radius 3 is 2.38 bits per heavy atom. The molecule has 0 saturated carbocycles. The molecule has 3 aliphatic rings. The van der Waals surface area contributed by atoms with Crippen molar-refractivity contribution >= 4 is 46.9 Å². The van der Waals surface area contributed by atoms with E-state index in [1.54, 1.807) is 6.20 Å². The lowest BCUT2D eigenvalue weighted by atomic mass is 10.0. The third-order valence-corrected chi connectivity index (χ3v) is 9.82. The average Bonchev–Trinajstić information content (AvgIpc) is 3.13. The minimum Gasteiger partial charge on any atom is -0.469 e. The molecule has 0 bridgehead atoms. The summed E-state index contributed by atoms with van der Waals surface area (Å²) in [6.07, 6.45) is 2.04. The molecule has 1 atom stereocenters. The zero-order chi connectivity index (χ0) is 27.2. The first kappa shape index (κ1) is 28.1. The lowest BCUT2D eigenvalue weighted by Crippen LogP contribution is -2.44. The molecular weight excluding hydrogens is 589 g/mol. The molecule has 0 radical (unpaired) electrons. The second-order valence-corrected chi connectivity index (χ2v) is 12.4. The van der Waals surface area contributed by atoms with Gasteiger partial charge in [-0.15, -0.1) is 0 Å². The Bertz CT molecular complexity index is 1260. The number of halogens is 1. The van der Waals surface area contributed by atoms with E-state index in [0.717, 1.165) is 10.0 Å². The normalized spacial score (nSPS) is 20.8. The maximum Gasteiger partial charge on any atom is 0.397 e. The van der Waals surface area contributed by atoms with Gasteiger partial charge in [0, 0.05) is 48.8 Å². The molecule has 0 N–H and O–H groups in total. The number of morpholine rings is 2. The standard InChI is InChI=1S/C26H31BrN5O6P/c1-35-24(33)8-7-23-26(38-39(34,31-10-14-36-15-11-31)32-12-16-37-17-13-32)30-21-6-5-19(27)18-20(21)25(29-23)22-4-2-3-9-28-22/h2-6,9,18,23H,7-8,10-17H2,1H3/t23-/m0/s1. The fraction of sp³-hybridized carbons (Fsp3) is 0.462. The van der Waals surface area contributed by atoms with Crippen LogP contribution in [-0.4, -0.2) is 97.7 Å². The summed E-state index contributed by atoms with van der Waals surface area (Å²) in [5.74, 6) is -0.187. The Hall–Kier alpha value is -2.47. The van der Waals surface area contributed by atoms with E-state index >= 15 is 0 Å². The second-order valence-electron chi connectivity index (χ2n) is 9.15. The highest BCUT2D eigenvalue weighted by molar-refractivity contribution is 9.10. The number of fused-ring (bicyclic) bond motifs is 1. The van der Waals surface area contributed by atoms with Gasteiger partial charge in [0.1, 0.15) is 6.04 Å². The number of esters is 1. The maximum atomic E-state index is 14.8. The lowest BCUT2D eigenvalue weighted by Gasteiger charge is -2.41. The predicted molar refractivity (Wildman–Crippen MR) is 150 cm³/mol. The van der Waals surface area contributed by atoms with Crippen LogP contribution >= 0.6 is 23.6 Å². The van der Waals surface area contributed by atoms with Crippen LogP contribution < -0.4 is 0 Å². The number of ether oxygens (including phenoxy) is 3. The Labute approximate surface area is 235 Å². The maximum absolute atomic E-state index is 14.8. The highest BCUT2D eigenvalue weighted by atomic mass is 79.9. The molecule has 39 heavy (non-hydrogen) atoms. The van der Waals surface area contributed by atoms with Crippen molar-refractivity contribution in [3.63, 3.8) is 0 Å². The first-order valence-electron chi connectivity index (χ1n) is 12.9. The van der Waals surface area contributed by atoms with E-state index in [9.17, 15) is 9.36 Å². The third kappa shape index (κ3) is 6.48. The van der Waals surface area contributed by atoms with Gasteiger partial charge in [-0.05, 0) is 36.8 Å². The summed E-state index contributed by atoms with van der Waals surface area (Å²) in [7, 11) is -2.25. The number of hydrogen-bond donors (Lipinski definition) is 0. The molecule has 1 aromatic carbocycles. The van der Waals surface area contributed by atoms with E-state index in [1.165, 1.54) is 7.11 Å². The van der Waals surface area contributed by atoms with Crippen LogP contribution in [-0.2, 0) is 28.1 Å². The Kier molecular flexibility index (Phi) is 9.21. The molecule has 0 unspecified atom stereocenters. The zero-order valence-corrected chi connectivity index (χ0v) is 24.2. The van der Waals surface area contributed by atoms with Crippen molar-refractivity contribution < 1.29 is 28.1 Å². The lowest BCUT2D eigenvalue weighted by molar-refractivity contribution is -0.140. The number of carbonyl (C=O) groups excluding carboxylic acids is 1. The number of rotatable bonds is 7. The van der Waals surface area contributed by atoms with Crippen LogP contribution in [0.1, 0.15) is 24.1 Å². The third-order valence-electron chi connectivity index (χ3n) is 6.67. The molecule has 0 aliphatic carbocycles. The fourth-order valence-corrected chi connectivity index (χ4v) is 7.32. The van der Waals surface area contributed by atoms with Crippen molar-refractivity contribution in [1.82, 2.24) is 14.3 Å². The molecule has 11 nitrogen and oxygen atoms in total. The Morgan fingerprint density at radius 1 is 1.08 bits per heavy atom. The molecule has 0 amide bonds. The Morgan fingerprint density at radius 2 is 1.77 bits per heavy atom. The van der Waals surface area contributed by atoms with Gasteiger partial charge in [0.05, 0.1) is 50.6 Å². The quantitative estimate of drug-likeness (QED) is 0.337. The summed E-state index contributed by atoms with van der Waals surface area (Å²) >= 11 is 3.56. The molecule has 5 rings (SSSR count). The van der Waals surface area contributed by atoms with Crippen molar-refractivity contribution in [3.8, 4) is 0 Å². The van der Waals surface area contributed by atoms with Crippen molar-refractivity contribution in [2.45, 2.75) is 18.9 Å². The van der Waals surface area contributed by atoms with Gasteiger partial charge in [-0.1, -0.05) is 22.0 Å². The summed E-state index contributed by atoms with van der Waals surface area (Å²) in [4.78, 5) is 26.7. The molecule has 208 valence electrons. The number of pyridine rings is 1. The molecule has 2 aromatic rings. The molecule has 1 aromatic heterocycles. The second kappa shape index (κ2) is 12.8. The van der Waals surface area contributed by atoms with Gasteiger partial charge in [0.15, 0.2) is 0 Å². The van der Waals surface area contributed by atoms with E-state index in [0.29, 0.717) is 69.7 Å². The first-order valence-corrected chi connectivity index (χ1v) is 15.2. The van der Waals surface area contributed by atoms with E-state index in [-0.39, 0.29) is 24.7 Å². The zero-order valence-electron chi connectivity index (χ0n) is 21.7. The molecule has 0 spiro atoms. The van der Waals surface area contributed by atoms with Crippen LogP contribution in [0.4, 0.5) is 5.69 Å². The van der Waals surface area contributed by atoms with Gasteiger partial charge in [0.2, 0.25) is 5.90 Å². The number of benzene rings is 1. The van der Waals surface area contributed by atoms with Gasteiger partial charge in [0.25, 0.3) is 0 Å². The van der Waals surface area contributed by atoms with Crippen molar-refractivity contribution in [3.05, 3.63) is 58.3 Å². The molecule has 4 heterocycles. The number of nitrogens with zero attached hydrogens (tertiary/aromatic N) is 5. The summed E-state index contributed by atoms with van der Waals surface area (Å²) in [5, 5.41) is 0. The van der Waals surface area contributed by atoms with Crippen LogP contribution in [0.15, 0.2) is 57.1 Å². The highest BCUT2D eigenvalue weighted by Gasteiger charge is 2.44. The van der Waals surface area contributed by atoms with E-state index < -0.39 is 13.7 Å². The number of aromatic nitrogens is 1.